The first kappa shape index (κ1) is 127. The van der Waals surface area contributed by atoms with E-state index in [0.29, 0.717) is 46.0 Å². The van der Waals surface area contributed by atoms with Crippen LogP contribution in [-0.2, 0) is 188 Å². The minimum absolute atomic E-state index is 0. The fourth-order valence-electron chi connectivity index (χ4n) is 4.09. The second-order valence-corrected chi connectivity index (χ2v) is 29.4. The van der Waals surface area contributed by atoms with Gasteiger partial charge in [0.1, 0.15) is 5.78 Å². The zero-order chi connectivity index (χ0) is 47.4. The summed E-state index contributed by atoms with van der Waals surface area (Å²) in [6.45, 7) is 57.0. The molecule has 0 aromatic rings. The third-order valence-electron chi connectivity index (χ3n) is 7.33. The Labute approximate surface area is 611 Å². The van der Waals surface area contributed by atoms with E-state index in [9.17, 15) is 24.0 Å². The first-order valence-electron chi connectivity index (χ1n) is 19.1. The summed E-state index contributed by atoms with van der Waals surface area (Å²) < 4.78 is 0. The van der Waals surface area contributed by atoms with Gasteiger partial charge in [0.05, 0.1) is 0 Å². The summed E-state index contributed by atoms with van der Waals surface area (Å²) in [5, 5.41) is 8.83. The summed E-state index contributed by atoms with van der Waals surface area (Å²) in [6.07, 6.45) is 5.02. The number of ketones is 1. The van der Waals surface area contributed by atoms with Crippen LogP contribution in [0.15, 0.2) is 0 Å². The molecule has 7 atom stereocenters. The van der Waals surface area contributed by atoms with Crippen molar-refractivity contribution in [2.45, 2.75) is 162 Å². The Morgan fingerprint density at radius 2 is 0.754 bits per heavy atom. The van der Waals surface area contributed by atoms with E-state index in [0.717, 1.165) is 45.2 Å². The van der Waals surface area contributed by atoms with Gasteiger partial charge in [0, 0.05) is 191 Å². The van der Waals surface area contributed by atoms with Gasteiger partial charge in [0.25, 0.3) is 0 Å². The Balaban J connectivity index is -0.0000000275. The van der Waals surface area contributed by atoms with E-state index in [1.807, 2.05) is 13.8 Å². The summed E-state index contributed by atoms with van der Waals surface area (Å²) in [5.41, 5.74) is 0. The second kappa shape index (κ2) is 97.0. The van der Waals surface area contributed by atoms with Crippen molar-refractivity contribution in [3.05, 3.63) is 69.2 Å². The normalized spacial score (nSPS) is 10.2. The molecule has 0 aliphatic rings. The smallest absolute Gasteiger partial charge is 0.214 e. The van der Waals surface area contributed by atoms with Crippen LogP contribution in [0.3, 0.4) is 0 Å². The van der Waals surface area contributed by atoms with E-state index >= 15 is 0 Å². The van der Waals surface area contributed by atoms with Crippen LogP contribution in [0.4, 0.5) is 0 Å². The number of carbonyl (C=O) groups excluding carboxylic acids is 5. The van der Waals surface area contributed by atoms with Crippen LogP contribution in [0.2, 0.25) is 0 Å². The molecule has 417 valence electrons. The molecule has 0 spiro atoms. The summed E-state index contributed by atoms with van der Waals surface area (Å²) in [7, 11) is 4.80. The molecule has 3 N–H and O–H groups in total. The molecule has 0 saturated carbocycles. The van der Waals surface area contributed by atoms with Crippen LogP contribution in [0.5, 0.6) is 0 Å². The average Bonchev–Trinajstić information content (AvgIpc) is 3.12. The Morgan fingerprint density at radius 3 is 0.913 bits per heavy atom. The molecule has 0 aliphatic carbocycles. The molecule has 0 bridgehead atoms. The maximum atomic E-state index is 11.0. The molecular weight excluding hydrogens is 1740 g/mol. The largest absolute Gasteiger partial charge is 0.400 e. The standard InChI is InChI=1S/C10H19NO.2C8H15NO.C7H15N2OP.C5H13N2P.C3H6O.5CH4.I3.HI.5Y/c1-5-7-8-9(3)11(6-2)10(4)12;2*1-5-7(3)9(6-2)8(4)10;1-4-9(7(3)10)6(2)5-8-11;1-3-6-5(2)4-7-8;1-3(2)4;;;;;;1-3-2;;;;;;/h9H,2-3,5-8H2,1,4H3;2*7H,2-3,5-6H2,1,4H3;6,8H,1-2,4-5,11H2,3H3;5-7H,1-4,8H2;1-2H3;5*1H4;;1H;;;;;/q5*-2;;;;;;;-1;;;;;;. The van der Waals surface area contributed by atoms with E-state index < -0.39 is 0 Å². The monoisotopic (exact) mass is 1850 g/mol. The molecule has 4 amide bonds. The van der Waals surface area contributed by atoms with E-state index in [1.54, 1.807) is 40.4 Å². The fourth-order valence-corrected chi connectivity index (χ4v) is 4.65. The van der Waals surface area contributed by atoms with E-state index in [1.165, 1.54) is 20.8 Å². The molecule has 12 nitrogen and oxygen atoms in total. The number of amides is 4. The van der Waals surface area contributed by atoms with Gasteiger partial charge in [-0.15, -0.1) is 62.7 Å². The molecule has 0 rings (SSSR count). The maximum Gasteiger partial charge on any atom is 0.214 e. The third kappa shape index (κ3) is 97.3. The molecule has 7 unspecified atom stereocenters. The third-order valence-corrected chi connectivity index (χ3v) is 7.80. The second-order valence-electron chi connectivity index (χ2n) is 12.4. The Kier molecular flexibility index (Phi) is 178. The molecule has 0 saturated heterocycles. The van der Waals surface area contributed by atoms with Gasteiger partial charge in [-0.2, -0.15) is 0 Å². The van der Waals surface area contributed by atoms with Gasteiger partial charge >= 0.3 is 50.5 Å². The van der Waals surface area contributed by atoms with Crippen LogP contribution in [-0.4, -0.2) is 125 Å². The fraction of sp³-hybridized carbons (Fsp3) is 0.674. The predicted octanol–water partition coefficient (Wildman–Crippen LogP) is 8.03. The van der Waals surface area contributed by atoms with Crippen LogP contribution < -0.4 is 28.7 Å². The zero-order valence-electron chi connectivity index (χ0n) is 40.9. The van der Waals surface area contributed by atoms with Crippen LogP contribution in [0, 0.1) is 69.2 Å². The van der Waals surface area contributed by atoms with Crippen molar-refractivity contribution in [2.24, 2.45) is 0 Å². The molecule has 0 aliphatic heterocycles. The van der Waals surface area contributed by atoms with Crippen LogP contribution in [0.25, 0.3) is 0 Å². The predicted molar refractivity (Wildman–Crippen MR) is 319 cm³/mol. The Bertz CT molecular complexity index is 960. The molecule has 23 heteroatoms. The molecular formula is C46H104I4N7O5P2Y5-11. The quantitative estimate of drug-likeness (QED) is 0.0673. The average molecular weight is 1850 g/mol. The first-order valence-corrected chi connectivity index (χ1v) is 32.9. The van der Waals surface area contributed by atoms with Gasteiger partial charge < -0.3 is 109 Å². The summed E-state index contributed by atoms with van der Waals surface area (Å²) in [4.78, 5) is 59.6. The molecule has 0 heterocycles. The molecule has 5 radical (unpaired) electrons. The van der Waals surface area contributed by atoms with Crippen molar-refractivity contribution in [1.82, 2.24) is 35.1 Å². The van der Waals surface area contributed by atoms with Crippen molar-refractivity contribution in [3.63, 3.8) is 0 Å². The summed E-state index contributed by atoms with van der Waals surface area (Å²) >= 11 is 5.30. The number of unbranched alkanes of at least 4 members (excludes halogenated alkanes) is 1. The number of hydrogen-bond acceptors (Lipinski definition) is 8. The van der Waals surface area contributed by atoms with Gasteiger partial charge in [-0.1, -0.05) is 133 Å². The molecule has 0 aromatic carbocycles. The number of carbonyl (C=O) groups is 5. The molecule has 69 heavy (non-hydrogen) atoms. The van der Waals surface area contributed by atoms with Crippen molar-refractivity contribution in [2.75, 3.05) is 45.8 Å². The Hall–Kier alpha value is 6.73. The van der Waals surface area contributed by atoms with E-state index in [-0.39, 0.29) is 284 Å². The number of hydrogen-bond donors (Lipinski definition) is 3. The van der Waals surface area contributed by atoms with Gasteiger partial charge in [-0.3, -0.25) is 19.2 Å². The topological polar surface area (TPSA) is 134 Å². The number of nitrogens with one attached hydrogen (secondary N) is 3. The van der Waals surface area contributed by atoms with Crippen LogP contribution >= 0.6 is 80.0 Å². The maximum absolute atomic E-state index is 11.0. The van der Waals surface area contributed by atoms with Crippen molar-refractivity contribution in [3.8, 4) is 0 Å². The van der Waals surface area contributed by atoms with Gasteiger partial charge in [0.15, 0.2) is 0 Å². The first-order chi connectivity index (χ1) is 27.0. The molecule has 0 aromatic heterocycles. The summed E-state index contributed by atoms with van der Waals surface area (Å²) in [6, 6.07) is 0.484. The van der Waals surface area contributed by atoms with Gasteiger partial charge in [0.2, 0.25) is 23.6 Å². The van der Waals surface area contributed by atoms with Crippen molar-refractivity contribution >= 4 is 109 Å². The van der Waals surface area contributed by atoms with Crippen molar-refractivity contribution < 1.29 is 201 Å². The number of Topliss-reactive ketones (excluding diaryl/α,β-unsaturated/α-hetero) is 1. The number of halogens is 4. The van der Waals surface area contributed by atoms with Gasteiger partial charge in [-0.25, -0.2) is 0 Å². The van der Waals surface area contributed by atoms with Crippen LogP contribution in [0.1, 0.15) is 132 Å². The van der Waals surface area contributed by atoms with Crippen molar-refractivity contribution in [1.29, 1.82) is 0 Å². The minimum Gasteiger partial charge on any atom is -0.400 e. The van der Waals surface area contributed by atoms with Gasteiger partial charge in [-0.05, 0) is 26.9 Å². The number of rotatable bonds is 19. The summed E-state index contributed by atoms with van der Waals surface area (Å²) in [5.74, 6) is 0.357. The SMILES string of the molecule is C.C.C.C.C.CC(C)=O.I.I[I-]I.[CH2-]CN(C(C)=O)C([CH2-])CC.[CH2-]CN(C(C)=O)C([CH2-])CC.[CH2-]CN(C(C)=O)C([CH2-])CCCC.[CH2-]CN(C(C)=O)C([CH2-])CNP.[CH2-]CNC([CH2-])CNP.[Y].[Y].[Y].[Y].[Y]. The van der Waals surface area contributed by atoms with E-state index in [4.69, 9.17) is 0 Å². The molecule has 0 fully saturated rings. The zero-order valence-corrected chi connectivity index (χ0v) is 66.2. The minimum atomic E-state index is -0.0394. The Morgan fingerprint density at radius 1 is 0.522 bits per heavy atom. The number of nitrogens with zero attached hydrogens (tertiary/aromatic N) is 4. The van der Waals surface area contributed by atoms with E-state index in [2.05, 4.69) is 148 Å².